The monoisotopic (exact) mass is 534 g/mol. The van der Waals surface area contributed by atoms with E-state index in [9.17, 15) is 9.59 Å². The predicted molar refractivity (Wildman–Crippen MR) is 135 cm³/mol. The normalized spacial score (nSPS) is 12.9. The smallest absolute Gasteiger partial charge is 0.330 e. The van der Waals surface area contributed by atoms with Crippen LogP contribution in [0.15, 0.2) is 35.8 Å². The van der Waals surface area contributed by atoms with Gasteiger partial charge in [-0.25, -0.2) is 14.8 Å². The number of anilines is 3. The number of benzene rings is 1. The van der Waals surface area contributed by atoms with Crippen LogP contribution in [0.4, 0.5) is 22.2 Å². The topological polar surface area (TPSA) is 101 Å². The molecule has 3 heterocycles. The molecule has 0 fully saturated rings. The van der Waals surface area contributed by atoms with Crippen molar-refractivity contribution in [3.63, 3.8) is 0 Å². The van der Waals surface area contributed by atoms with E-state index in [4.69, 9.17) is 32.7 Å². The summed E-state index contributed by atoms with van der Waals surface area (Å²) in [4.78, 5) is 43.2. The zero-order valence-electron chi connectivity index (χ0n) is 19.0. The van der Waals surface area contributed by atoms with Gasteiger partial charge in [0, 0.05) is 30.3 Å². The molecule has 3 amide bonds. The Morgan fingerprint density at radius 3 is 2.51 bits per heavy atom. The molecule has 4 rings (SSSR count). The molecule has 13 heteroatoms. The highest BCUT2D eigenvalue weighted by Crippen LogP contribution is 2.48. The number of urea groups is 1. The molecule has 1 aromatic carbocycles. The number of ether oxygens (including phenoxy) is 2. The van der Waals surface area contributed by atoms with E-state index >= 15 is 0 Å². The number of methoxy groups -OCH3 is 2. The Hall–Kier alpha value is -3.41. The molecule has 0 saturated carbocycles. The number of carbonyl (C=O) groups is 2. The van der Waals surface area contributed by atoms with E-state index in [0.717, 1.165) is 6.08 Å². The lowest BCUT2D eigenvalue weighted by molar-refractivity contribution is -0.113. The number of fused-ring (bicyclic) bond motifs is 1. The van der Waals surface area contributed by atoms with Gasteiger partial charge >= 0.3 is 6.03 Å². The van der Waals surface area contributed by atoms with E-state index in [-0.39, 0.29) is 40.7 Å². The average Bonchev–Trinajstić information content (AvgIpc) is 3.38. The Morgan fingerprint density at radius 1 is 1.26 bits per heavy atom. The van der Waals surface area contributed by atoms with Crippen LogP contribution >= 0.6 is 34.5 Å². The predicted octanol–water partition coefficient (Wildman–Crippen LogP) is 4.55. The molecule has 2 aromatic heterocycles. The van der Waals surface area contributed by atoms with Crippen molar-refractivity contribution in [3.05, 3.63) is 57.1 Å². The largest absolute Gasteiger partial charge is 0.495 e. The molecule has 1 aliphatic rings. The first-order valence-electron chi connectivity index (χ1n) is 10.1. The molecule has 3 aromatic rings. The summed E-state index contributed by atoms with van der Waals surface area (Å²) < 4.78 is 10.7. The van der Waals surface area contributed by atoms with Gasteiger partial charge in [0.15, 0.2) is 0 Å². The van der Waals surface area contributed by atoms with E-state index in [1.165, 1.54) is 47.3 Å². The molecule has 0 N–H and O–H groups in total. The standard InChI is InChI=1S/C22H20Cl2N6O4S/c1-5-16(31)28(2)21-25-7-12-8-29(19-17(23)14(33-3)6-15(34-4)18(19)24)22(32)30(20(12)27-21)9-13-10-35-11-26-13/h5-7,10-11H,1,8-9H2,2-4H3. The van der Waals surface area contributed by atoms with Gasteiger partial charge in [-0.2, -0.15) is 4.98 Å². The number of hydrogen-bond acceptors (Lipinski definition) is 8. The first-order chi connectivity index (χ1) is 16.8. The second-order valence-electron chi connectivity index (χ2n) is 7.31. The SMILES string of the molecule is C=CC(=O)N(C)c1ncc2c(n1)N(Cc1cscn1)C(=O)N(c1c(Cl)c(OC)cc(OC)c1Cl)C2. The van der Waals surface area contributed by atoms with Crippen LogP contribution in [0.25, 0.3) is 0 Å². The van der Waals surface area contributed by atoms with Gasteiger partial charge in [0.2, 0.25) is 5.95 Å². The first-order valence-corrected chi connectivity index (χ1v) is 11.8. The van der Waals surface area contributed by atoms with Crippen LogP contribution < -0.4 is 24.2 Å². The Morgan fingerprint density at radius 2 is 1.94 bits per heavy atom. The minimum atomic E-state index is -0.452. The van der Waals surface area contributed by atoms with Crippen LogP contribution in [0, 0.1) is 0 Å². The fraction of sp³-hybridized carbons (Fsp3) is 0.227. The van der Waals surface area contributed by atoms with Gasteiger partial charge in [-0.15, -0.1) is 11.3 Å². The number of likely N-dealkylation sites (N-methyl/N-ethyl adjacent to an activating group) is 1. The number of rotatable bonds is 7. The zero-order valence-corrected chi connectivity index (χ0v) is 21.3. The van der Waals surface area contributed by atoms with Gasteiger partial charge in [0.25, 0.3) is 5.91 Å². The van der Waals surface area contributed by atoms with Gasteiger partial charge in [-0.1, -0.05) is 29.8 Å². The molecule has 182 valence electrons. The van der Waals surface area contributed by atoms with Gasteiger partial charge < -0.3 is 9.47 Å². The second kappa shape index (κ2) is 10.1. The Kier molecular flexibility index (Phi) is 7.10. The summed E-state index contributed by atoms with van der Waals surface area (Å²) in [6, 6.07) is 1.10. The van der Waals surface area contributed by atoms with Gasteiger partial charge in [0.05, 0.1) is 44.2 Å². The summed E-state index contributed by atoms with van der Waals surface area (Å²) in [5, 5.41) is 2.13. The van der Waals surface area contributed by atoms with Crippen molar-refractivity contribution >= 4 is 63.9 Å². The maximum Gasteiger partial charge on any atom is 0.330 e. The molecular formula is C22H20Cl2N6O4S. The Labute approximate surface area is 215 Å². The molecule has 0 saturated heterocycles. The zero-order chi connectivity index (χ0) is 25.3. The van der Waals surface area contributed by atoms with Crippen molar-refractivity contribution < 1.29 is 19.1 Å². The van der Waals surface area contributed by atoms with E-state index in [0.29, 0.717) is 28.6 Å². The summed E-state index contributed by atoms with van der Waals surface area (Å²) >= 11 is 14.6. The number of nitrogens with zero attached hydrogens (tertiary/aromatic N) is 6. The van der Waals surface area contributed by atoms with Crippen LogP contribution in [0.2, 0.25) is 10.0 Å². The van der Waals surface area contributed by atoms with E-state index in [2.05, 4.69) is 21.5 Å². The van der Waals surface area contributed by atoms with E-state index in [1.807, 2.05) is 5.38 Å². The summed E-state index contributed by atoms with van der Waals surface area (Å²) in [5.74, 6) is 0.668. The average molecular weight is 535 g/mol. The van der Waals surface area contributed by atoms with Crippen LogP contribution in [0.3, 0.4) is 0 Å². The Balaban J connectivity index is 1.86. The molecule has 10 nitrogen and oxygen atoms in total. The second-order valence-corrected chi connectivity index (χ2v) is 8.79. The third-order valence-electron chi connectivity index (χ3n) is 5.30. The highest BCUT2D eigenvalue weighted by atomic mass is 35.5. The van der Waals surface area contributed by atoms with Crippen molar-refractivity contribution in [1.82, 2.24) is 15.0 Å². The molecule has 0 bridgehead atoms. The molecule has 1 aliphatic heterocycles. The van der Waals surface area contributed by atoms with E-state index < -0.39 is 6.03 Å². The maximum atomic E-state index is 13.9. The summed E-state index contributed by atoms with van der Waals surface area (Å²) in [7, 11) is 4.43. The summed E-state index contributed by atoms with van der Waals surface area (Å²) in [5.41, 5.74) is 3.17. The van der Waals surface area contributed by atoms with Gasteiger partial charge in [-0.3, -0.25) is 19.5 Å². The summed E-state index contributed by atoms with van der Waals surface area (Å²) in [6.07, 6.45) is 2.71. The minimum absolute atomic E-state index is 0.0664. The molecular weight excluding hydrogens is 515 g/mol. The highest BCUT2D eigenvalue weighted by molar-refractivity contribution is 7.07. The fourth-order valence-electron chi connectivity index (χ4n) is 3.51. The molecule has 0 unspecified atom stereocenters. The Bertz CT molecular complexity index is 1280. The minimum Gasteiger partial charge on any atom is -0.495 e. The lowest BCUT2D eigenvalue weighted by Crippen LogP contribution is -2.48. The third-order valence-corrected chi connectivity index (χ3v) is 6.67. The molecule has 0 radical (unpaired) electrons. The van der Waals surface area contributed by atoms with Gasteiger partial charge in [-0.05, 0) is 6.08 Å². The number of thiazole rings is 1. The van der Waals surface area contributed by atoms with Crippen LogP contribution in [0.1, 0.15) is 11.3 Å². The van der Waals surface area contributed by atoms with Crippen LogP contribution in [-0.2, 0) is 17.9 Å². The van der Waals surface area contributed by atoms with Crippen LogP contribution in [0.5, 0.6) is 11.5 Å². The molecule has 0 aliphatic carbocycles. The van der Waals surface area contributed by atoms with Gasteiger partial charge in [0.1, 0.15) is 27.4 Å². The van der Waals surface area contributed by atoms with Crippen molar-refractivity contribution in [2.45, 2.75) is 13.1 Å². The summed E-state index contributed by atoms with van der Waals surface area (Å²) in [6.45, 7) is 3.68. The number of hydrogen-bond donors (Lipinski definition) is 0. The molecule has 0 spiro atoms. The fourth-order valence-corrected chi connectivity index (χ4v) is 4.76. The number of halogens is 2. The lowest BCUT2D eigenvalue weighted by atomic mass is 10.1. The number of aromatic nitrogens is 3. The molecule has 35 heavy (non-hydrogen) atoms. The highest BCUT2D eigenvalue weighted by Gasteiger charge is 2.37. The maximum absolute atomic E-state index is 13.9. The number of carbonyl (C=O) groups excluding carboxylic acids is 2. The van der Waals surface area contributed by atoms with Crippen molar-refractivity contribution in [2.75, 3.05) is 36.0 Å². The van der Waals surface area contributed by atoms with Crippen molar-refractivity contribution in [2.24, 2.45) is 0 Å². The van der Waals surface area contributed by atoms with Crippen molar-refractivity contribution in [3.8, 4) is 11.5 Å². The third kappa shape index (κ3) is 4.49. The molecule has 0 atom stereocenters. The van der Waals surface area contributed by atoms with Crippen molar-refractivity contribution in [1.29, 1.82) is 0 Å². The number of amides is 3. The lowest BCUT2D eigenvalue weighted by Gasteiger charge is -2.37. The van der Waals surface area contributed by atoms with Crippen LogP contribution in [-0.4, -0.2) is 48.2 Å². The quantitative estimate of drug-likeness (QED) is 0.409. The first kappa shape index (κ1) is 24.7. The van der Waals surface area contributed by atoms with E-state index in [1.54, 1.807) is 17.8 Å².